The van der Waals surface area contributed by atoms with Gasteiger partial charge in [0.1, 0.15) is 12.4 Å². The Kier molecular flexibility index (Phi) is 5.94. The van der Waals surface area contributed by atoms with Gasteiger partial charge in [0.2, 0.25) is 0 Å². The van der Waals surface area contributed by atoms with Crippen LogP contribution in [0.3, 0.4) is 0 Å². The van der Waals surface area contributed by atoms with E-state index in [-0.39, 0.29) is 12.4 Å². The number of hydrogen-bond acceptors (Lipinski definition) is 4. The molecule has 4 nitrogen and oxygen atoms in total. The molecule has 0 bridgehead atoms. The monoisotopic (exact) mass is 330 g/mol. The summed E-state index contributed by atoms with van der Waals surface area (Å²) in [5.74, 6) is -0.268. The summed E-state index contributed by atoms with van der Waals surface area (Å²) in [5, 5.41) is 0.460. The van der Waals surface area contributed by atoms with E-state index >= 15 is 0 Å². The summed E-state index contributed by atoms with van der Waals surface area (Å²) in [7, 11) is 1.29. The molecule has 0 aliphatic rings. The van der Waals surface area contributed by atoms with Crippen molar-refractivity contribution in [2.24, 2.45) is 0 Å². The van der Waals surface area contributed by atoms with Crippen LogP contribution in [-0.4, -0.2) is 25.5 Å². The Hall–Kier alpha value is -2.59. The molecule has 2 aromatic carbocycles. The molecule has 0 N–H and O–H groups in total. The van der Waals surface area contributed by atoms with Crippen LogP contribution < -0.4 is 4.74 Å². The molecule has 0 spiro atoms. The molecule has 0 radical (unpaired) electrons. The molecule has 0 aliphatic heterocycles. The summed E-state index contributed by atoms with van der Waals surface area (Å²) >= 11 is 5.97. The Bertz CT molecular complexity index is 723. The standard InChI is InChI=1S/C18H15ClO4/c1-22-17(20)8-5-11-23-16-12-14(19)9-10-15(16)18(21)13-6-3-2-4-7-13/h2-10,12H,11H2,1H3. The number of esters is 1. The van der Waals surface area contributed by atoms with Crippen molar-refractivity contribution in [3.8, 4) is 5.75 Å². The van der Waals surface area contributed by atoms with Crippen molar-refractivity contribution in [2.45, 2.75) is 0 Å². The van der Waals surface area contributed by atoms with Gasteiger partial charge in [0.25, 0.3) is 0 Å². The van der Waals surface area contributed by atoms with Crippen LogP contribution in [0.1, 0.15) is 15.9 Å². The molecule has 0 aromatic heterocycles. The maximum absolute atomic E-state index is 12.6. The van der Waals surface area contributed by atoms with Gasteiger partial charge in [0.05, 0.1) is 12.7 Å². The van der Waals surface area contributed by atoms with Gasteiger partial charge in [-0.25, -0.2) is 4.79 Å². The third kappa shape index (κ3) is 4.69. The lowest BCUT2D eigenvalue weighted by Gasteiger charge is -2.10. The van der Waals surface area contributed by atoms with Gasteiger partial charge >= 0.3 is 5.97 Å². The Morgan fingerprint density at radius 1 is 1.13 bits per heavy atom. The zero-order chi connectivity index (χ0) is 16.7. The molecule has 23 heavy (non-hydrogen) atoms. The van der Waals surface area contributed by atoms with Crippen LogP contribution in [0, 0.1) is 0 Å². The molecule has 0 aliphatic carbocycles. The highest BCUT2D eigenvalue weighted by molar-refractivity contribution is 6.31. The minimum atomic E-state index is -0.472. The lowest BCUT2D eigenvalue weighted by Crippen LogP contribution is -2.06. The second kappa shape index (κ2) is 8.15. The molecule has 118 valence electrons. The molecule has 0 heterocycles. The van der Waals surface area contributed by atoms with Gasteiger partial charge in [-0.15, -0.1) is 0 Å². The maximum atomic E-state index is 12.6. The number of benzene rings is 2. The van der Waals surface area contributed by atoms with Crippen molar-refractivity contribution < 1.29 is 19.1 Å². The van der Waals surface area contributed by atoms with Crippen LogP contribution in [-0.2, 0) is 9.53 Å². The third-order valence-corrected chi connectivity index (χ3v) is 3.25. The van der Waals surface area contributed by atoms with Crippen molar-refractivity contribution in [1.82, 2.24) is 0 Å². The molecule has 2 rings (SSSR count). The molecule has 0 fully saturated rings. The second-order valence-corrected chi connectivity index (χ2v) is 5.01. The SMILES string of the molecule is COC(=O)C=CCOc1cc(Cl)ccc1C(=O)c1ccccc1. The van der Waals surface area contributed by atoms with Crippen LogP contribution in [0.15, 0.2) is 60.7 Å². The van der Waals surface area contributed by atoms with Crippen molar-refractivity contribution in [3.63, 3.8) is 0 Å². The molecule has 0 saturated carbocycles. The average Bonchev–Trinajstić information content (AvgIpc) is 2.58. The Balaban J connectivity index is 2.19. The largest absolute Gasteiger partial charge is 0.489 e. The van der Waals surface area contributed by atoms with Gasteiger partial charge in [0, 0.05) is 16.7 Å². The van der Waals surface area contributed by atoms with E-state index in [0.717, 1.165) is 0 Å². The number of ketones is 1. The summed E-state index contributed by atoms with van der Waals surface area (Å²) in [4.78, 5) is 23.5. The minimum absolute atomic E-state index is 0.116. The molecule has 0 saturated heterocycles. The molecule has 0 amide bonds. The van der Waals surface area contributed by atoms with E-state index in [1.807, 2.05) is 6.07 Å². The average molecular weight is 331 g/mol. The number of halogens is 1. The smallest absolute Gasteiger partial charge is 0.330 e. The summed E-state index contributed by atoms with van der Waals surface area (Å²) in [6, 6.07) is 13.7. The normalized spacial score (nSPS) is 10.5. The van der Waals surface area contributed by atoms with E-state index in [9.17, 15) is 9.59 Å². The van der Waals surface area contributed by atoms with E-state index in [1.165, 1.54) is 19.3 Å². The van der Waals surface area contributed by atoms with Crippen molar-refractivity contribution in [1.29, 1.82) is 0 Å². The fourth-order valence-corrected chi connectivity index (χ4v) is 2.06. The van der Waals surface area contributed by atoms with Crippen molar-refractivity contribution >= 4 is 23.4 Å². The van der Waals surface area contributed by atoms with E-state index < -0.39 is 5.97 Å². The van der Waals surface area contributed by atoms with Gasteiger partial charge in [-0.2, -0.15) is 0 Å². The first-order chi connectivity index (χ1) is 11.1. The predicted molar refractivity (Wildman–Crippen MR) is 88.0 cm³/mol. The Morgan fingerprint density at radius 2 is 1.87 bits per heavy atom. The highest BCUT2D eigenvalue weighted by Gasteiger charge is 2.14. The lowest BCUT2D eigenvalue weighted by atomic mass is 10.0. The van der Waals surface area contributed by atoms with Crippen molar-refractivity contribution in [3.05, 3.63) is 76.8 Å². The number of methoxy groups -OCH3 is 1. The highest BCUT2D eigenvalue weighted by Crippen LogP contribution is 2.26. The Morgan fingerprint density at radius 3 is 2.57 bits per heavy atom. The van der Waals surface area contributed by atoms with Crippen LogP contribution >= 0.6 is 11.6 Å². The minimum Gasteiger partial charge on any atom is -0.489 e. The van der Waals surface area contributed by atoms with Gasteiger partial charge in [-0.1, -0.05) is 41.9 Å². The number of hydrogen-bond donors (Lipinski definition) is 0. The van der Waals surface area contributed by atoms with Crippen LogP contribution in [0.25, 0.3) is 0 Å². The number of carbonyl (C=O) groups is 2. The van der Waals surface area contributed by atoms with Crippen LogP contribution in [0.4, 0.5) is 0 Å². The van der Waals surface area contributed by atoms with E-state index in [0.29, 0.717) is 21.9 Å². The molecular weight excluding hydrogens is 316 g/mol. The zero-order valence-electron chi connectivity index (χ0n) is 12.5. The Labute approximate surface area is 139 Å². The van der Waals surface area contributed by atoms with E-state index in [2.05, 4.69) is 4.74 Å². The molecular formula is C18H15ClO4. The van der Waals surface area contributed by atoms with Gasteiger partial charge in [0.15, 0.2) is 5.78 Å². The van der Waals surface area contributed by atoms with Crippen LogP contribution in [0.5, 0.6) is 5.75 Å². The lowest BCUT2D eigenvalue weighted by molar-refractivity contribution is -0.134. The van der Waals surface area contributed by atoms with Crippen LogP contribution in [0.2, 0.25) is 5.02 Å². The van der Waals surface area contributed by atoms with Gasteiger partial charge in [-0.3, -0.25) is 4.79 Å². The molecule has 0 atom stereocenters. The van der Waals surface area contributed by atoms with Gasteiger partial charge in [-0.05, 0) is 24.3 Å². The zero-order valence-corrected chi connectivity index (χ0v) is 13.2. The first kappa shape index (κ1) is 16.8. The molecule has 5 heteroatoms. The summed E-state index contributed by atoms with van der Waals surface area (Å²) in [6.07, 6.45) is 2.76. The third-order valence-electron chi connectivity index (χ3n) is 3.01. The summed E-state index contributed by atoms with van der Waals surface area (Å²) < 4.78 is 10.0. The van der Waals surface area contributed by atoms with E-state index in [1.54, 1.807) is 42.5 Å². The van der Waals surface area contributed by atoms with Crippen molar-refractivity contribution in [2.75, 3.05) is 13.7 Å². The summed E-state index contributed by atoms with van der Waals surface area (Å²) in [6.45, 7) is 0.116. The summed E-state index contributed by atoms with van der Waals surface area (Å²) in [5.41, 5.74) is 0.969. The first-order valence-electron chi connectivity index (χ1n) is 6.88. The van der Waals surface area contributed by atoms with Gasteiger partial charge < -0.3 is 9.47 Å². The number of rotatable bonds is 6. The molecule has 2 aromatic rings. The fraction of sp³-hybridized carbons (Fsp3) is 0.111. The second-order valence-electron chi connectivity index (χ2n) is 4.57. The first-order valence-corrected chi connectivity index (χ1v) is 7.26. The fourth-order valence-electron chi connectivity index (χ4n) is 1.90. The highest BCUT2D eigenvalue weighted by atomic mass is 35.5. The van der Waals surface area contributed by atoms with E-state index in [4.69, 9.17) is 16.3 Å². The number of ether oxygens (including phenoxy) is 2. The maximum Gasteiger partial charge on any atom is 0.330 e. The predicted octanol–water partition coefficient (Wildman–Crippen LogP) is 3.68. The molecule has 0 unspecified atom stereocenters. The number of carbonyl (C=O) groups excluding carboxylic acids is 2. The quantitative estimate of drug-likeness (QED) is 0.460. The topological polar surface area (TPSA) is 52.6 Å².